The van der Waals surface area contributed by atoms with Gasteiger partial charge in [0.05, 0.1) is 13.7 Å². The van der Waals surface area contributed by atoms with Gasteiger partial charge in [-0.3, -0.25) is 0 Å². The normalized spacial score (nSPS) is 24.6. The molecule has 0 aliphatic heterocycles. The van der Waals surface area contributed by atoms with E-state index in [1.165, 1.54) is 7.11 Å². The predicted octanol–water partition coefficient (Wildman–Crippen LogP) is -0.577. The molecule has 5 heteroatoms. The van der Waals surface area contributed by atoms with Crippen LogP contribution >= 0.6 is 0 Å². The Morgan fingerprint density at radius 1 is 1.60 bits per heavy atom. The molecule has 0 bridgehead atoms. The fraction of sp³-hybridized carbons (Fsp3) is 0.600. The van der Waals surface area contributed by atoms with Crippen molar-refractivity contribution < 1.29 is 24.8 Å². The Labute approximate surface area is 88.2 Å². The maximum atomic E-state index is 11.4. The number of quaternary nitrogens is 1. The molecule has 1 aliphatic rings. The molecule has 1 aliphatic carbocycles. The fourth-order valence-electron chi connectivity index (χ4n) is 1.58. The minimum atomic E-state index is -0.850. The number of hydrogen-bond acceptors (Lipinski definition) is 4. The number of rotatable bonds is 3. The molecular formula is C10H16NO4+. The van der Waals surface area contributed by atoms with E-state index in [4.69, 9.17) is 4.74 Å². The van der Waals surface area contributed by atoms with Crippen molar-refractivity contribution in [3.8, 4) is 0 Å². The lowest BCUT2D eigenvalue weighted by molar-refractivity contribution is -0.458. The van der Waals surface area contributed by atoms with Gasteiger partial charge < -0.3 is 15.2 Å². The summed E-state index contributed by atoms with van der Waals surface area (Å²) in [6, 6.07) is 0. The average molecular weight is 214 g/mol. The van der Waals surface area contributed by atoms with E-state index in [1.807, 2.05) is 0 Å². The van der Waals surface area contributed by atoms with Crippen LogP contribution in [0.3, 0.4) is 0 Å². The molecule has 15 heavy (non-hydrogen) atoms. The summed E-state index contributed by atoms with van der Waals surface area (Å²) in [4.78, 5) is 22.8. The van der Waals surface area contributed by atoms with Gasteiger partial charge in [-0.2, -0.15) is 0 Å². The fourth-order valence-corrected chi connectivity index (χ4v) is 1.58. The lowest BCUT2D eigenvalue weighted by atomic mass is 9.97. The third-order valence-corrected chi connectivity index (χ3v) is 2.42. The molecule has 0 amide bonds. The second-order valence-electron chi connectivity index (χ2n) is 3.60. The summed E-state index contributed by atoms with van der Waals surface area (Å²) in [5, 5.41) is 0. The molecule has 0 heterocycles. The standard InChI is InChI=1S/C10H15NO4/c1-3-15-8(12)7-4-5-10(11,6-7)9(13)14-2/h4H,3,5-6,11H2,1-2H3/p+1. The zero-order valence-electron chi connectivity index (χ0n) is 9.04. The summed E-state index contributed by atoms with van der Waals surface area (Å²) >= 11 is 0. The number of hydrogen-bond donors (Lipinski definition) is 1. The maximum Gasteiger partial charge on any atom is 0.368 e. The van der Waals surface area contributed by atoms with Crippen LogP contribution in [0.15, 0.2) is 11.6 Å². The first-order chi connectivity index (χ1) is 7.03. The Balaban J connectivity index is 2.64. The molecule has 0 saturated heterocycles. The smallest absolute Gasteiger partial charge is 0.368 e. The molecule has 0 aromatic carbocycles. The lowest BCUT2D eigenvalue weighted by Gasteiger charge is -2.16. The first kappa shape index (κ1) is 11.7. The third kappa shape index (κ3) is 2.36. The van der Waals surface area contributed by atoms with Crippen LogP contribution in [0.25, 0.3) is 0 Å². The average Bonchev–Trinajstić information content (AvgIpc) is 2.61. The van der Waals surface area contributed by atoms with Crippen LogP contribution in [0.5, 0.6) is 0 Å². The van der Waals surface area contributed by atoms with E-state index in [1.54, 1.807) is 13.0 Å². The van der Waals surface area contributed by atoms with Crippen LogP contribution in [0.4, 0.5) is 0 Å². The SMILES string of the molecule is CCOC(=O)C1=CCC([NH3+])(C(=O)OC)C1. The van der Waals surface area contributed by atoms with E-state index in [0.717, 1.165) is 0 Å². The van der Waals surface area contributed by atoms with Crippen molar-refractivity contribution in [3.05, 3.63) is 11.6 Å². The Morgan fingerprint density at radius 3 is 2.80 bits per heavy atom. The van der Waals surface area contributed by atoms with E-state index >= 15 is 0 Å². The Kier molecular flexibility index (Phi) is 3.47. The van der Waals surface area contributed by atoms with Gasteiger partial charge in [0, 0.05) is 18.4 Å². The number of carbonyl (C=O) groups is 2. The minimum absolute atomic E-state index is 0.290. The molecule has 0 spiro atoms. The van der Waals surface area contributed by atoms with Crippen LogP contribution < -0.4 is 5.73 Å². The summed E-state index contributed by atoms with van der Waals surface area (Å²) in [6.07, 6.45) is 2.41. The highest BCUT2D eigenvalue weighted by Crippen LogP contribution is 2.27. The van der Waals surface area contributed by atoms with Crippen LogP contribution in [-0.4, -0.2) is 31.2 Å². The summed E-state index contributed by atoms with van der Waals surface area (Å²) in [5.41, 5.74) is 3.46. The molecule has 1 unspecified atom stereocenters. The second kappa shape index (κ2) is 4.44. The molecule has 1 atom stereocenters. The van der Waals surface area contributed by atoms with Gasteiger partial charge in [-0.25, -0.2) is 9.59 Å². The van der Waals surface area contributed by atoms with Crippen molar-refractivity contribution in [1.82, 2.24) is 0 Å². The van der Waals surface area contributed by atoms with Crippen molar-refractivity contribution in [3.63, 3.8) is 0 Å². The second-order valence-corrected chi connectivity index (χ2v) is 3.60. The lowest BCUT2D eigenvalue weighted by Crippen LogP contribution is -2.76. The maximum absolute atomic E-state index is 11.4. The van der Waals surface area contributed by atoms with Crippen LogP contribution in [-0.2, 0) is 19.1 Å². The predicted molar refractivity (Wildman–Crippen MR) is 51.6 cm³/mol. The van der Waals surface area contributed by atoms with E-state index < -0.39 is 11.5 Å². The van der Waals surface area contributed by atoms with Gasteiger partial charge in [0.25, 0.3) is 0 Å². The van der Waals surface area contributed by atoms with Gasteiger partial charge in [-0.1, -0.05) is 6.08 Å². The van der Waals surface area contributed by atoms with Gasteiger partial charge >= 0.3 is 11.9 Å². The molecule has 5 nitrogen and oxygen atoms in total. The first-order valence-corrected chi connectivity index (χ1v) is 4.83. The van der Waals surface area contributed by atoms with E-state index in [-0.39, 0.29) is 5.97 Å². The molecular weight excluding hydrogens is 198 g/mol. The summed E-state index contributed by atoms with van der Waals surface area (Å²) in [6.45, 7) is 2.07. The highest BCUT2D eigenvalue weighted by atomic mass is 16.5. The van der Waals surface area contributed by atoms with Gasteiger partial charge in [0.2, 0.25) is 5.54 Å². The Hall–Kier alpha value is -1.36. The Morgan fingerprint density at radius 2 is 2.27 bits per heavy atom. The number of esters is 2. The zero-order valence-corrected chi connectivity index (χ0v) is 9.04. The van der Waals surface area contributed by atoms with Crippen molar-refractivity contribution in [2.45, 2.75) is 25.3 Å². The number of methoxy groups -OCH3 is 1. The Bertz CT molecular complexity index is 311. The number of ether oxygens (including phenoxy) is 2. The zero-order chi connectivity index (χ0) is 11.5. The summed E-state index contributed by atoms with van der Waals surface area (Å²) in [5.74, 6) is -0.759. The quantitative estimate of drug-likeness (QED) is 0.637. The van der Waals surface area contributed by atoms with Crippen molar-refractivity contribution >= 4 is 11.9 Å². The minimum Gasteiger partial charge on any atom is -0.464 e. The number of carbonyl (C=O) groups excluding carboxylic acids is 2. The molecule has 1 rings (SSSR count). The molecule has 0 aromatic rings. The molecule has 3 N–H and O–H groups in total. The summed E-state index contributed by atoms with van der Waals surface area (Å²) in [7, 11) is 1.32. The van der Waals surface area contributed by atoms with Crippen molar-refractivity contribution in [1.29, 1.82) is 0 Å². The van der Waals surface area contributed by atoms with Crippen molar-refractivity contribution in [2.75, 3.05) is 13.7 Å². The van der Waals surface area contributed by atoms with Crippen LogP contribution in [0, 0.1) is 0 Å². The topological polar surface area (TPSA) is 80.2 Å². The third-order valence-electron chi connectivity index (χ3n) is 2.42. The monoisotopic (exact) mass is 214 g/mol. The molecule has 0 aromatic heterocycles. The summed E-state index contributed by atoms with van der Waals surface area (Å²) < 4.78 is 9.48. The van der Waals surface area contributed by atoms with Gasteiger partial charge in [0.15, 0.2) is 0 Å². The van der Waals surface area contributed by atoms with Gasteiger partial charge in [-0.15, -0.1) is 0 Å². The molecule has 0 radical (unpaired) electrons. The van der Waals surface area contributed by atoms with Crippen LogP contribution in [0.2, 0.25) is 0 Å². The van der Waals surface area contributed by atoms with E-state index in [9.17, 15) is 9.59 Å². The van der Waals surface area contributed by atoms with Gasteiger partial charge in [0.1, 0.15) is 0 Å². The highest BCUT2D eigenvalue weighted by molar-refractivity contribution is 5.92. The molecule has 0 saturated carbocycles. The largest absolute Gasteiger partial charge is 0.464 e. The van der Waals surface area contributed by atoms with Crippen molar-refractivity contribution in [2.24, 2.45) is 0 Å². The highest BCUT2D eigenvalue weighted by Gasteiger charge is 2.45. The van der Waals surface area contributed by atoms with E-state index in [0.29, 0.717) is 25.0 Å². The van der Waals surface area contributed by atoms with Gasteiger partial charge in [-0.05, 0) is 6.92 Å². The molecule has 0 fully saturated rings. The van der Waals surface area contributed by atoms with Crippen LogP contribution in [0.1, 0.15) is 19.8 Å². The molecule has 84 valence electrons. The first-order valence-electron chi connectivity index (χ1n) is 4.83. The van der Waals surface area contributed by atoms with E-state index in [2.05, 4.69) is 10.5 Å².